The van der Waals surface area contributed by atoms with E-state index in [4.69, 9.17) is 37.0 Å². The highest BCUT2D eigenvalue weighted by atomic mass is 31.2. The first-order valence-corrected chi connectivity index (χ1v) is 41.0. The summed E-state index contributed by atoms with van der Waals surface area (Å²) in [4.78, 5) is 72.7. The van der Waals surface area contributed by atoms with Gasteiger partial charge in [0.25, 0.3) is 0 Å². The van der Waals surface area contributed by atoms with E-state index >= 15 is 0 Å². The second-order valence-electron chi connectivity index (χ2n) is 27.3. The van der Waals surface area contributed by atoms with E-state index in [1.54, 1.807) is 0 Å². The number of esters is 4. The Hall–Kier alpha value is -1.94. The summed E-state index contributed by atoms with van der Waals surface area (Å²) in [6.07, 6.45) is 51.2. The van der Waals surface area contributed by atoms with Crippen LogP contribution in [0.2, 0.25) is 0 Å². The first-order valence-electron chi connectivity index (χ1n) is 38.0. The maximum atomic E-state index is 13.1. The van der Waals surface area contributed by atoms with Crippen LogP contribution in [-0.4, -0.2) is 96.7 Å². The average Bonchev–Trinajstić information content (AvgIpc) is 3.37. The van der Waals surface area contributed by atoms with Crippen molar-refractivity contribution in [3.05, 3.63) is 0 Å². The smallest absolute Gasteiger partial charge is 0.462 e. The Labute approximate surface area is 562 Å². The summed E-state index contributed by atoms with van der Waals surface area (Å²) >= 11 is 0. The zero-order valence-electron chi connectivity index (χ0n) is 59.9. The first-order chi connectivity index (χ1) is 44.4. The number of carbonyl (C=O) groups is 4. The van der Waals surface area contributed by atoms with Crippen molar-refractivity contribution in [2.45, 2.75) is 394 Å². The second kappa shape index (κ2) is 65.0. The SMILES string of the molecule is CCCCCCCCCCCCCCCCCC(=O)O[C@H](COC(=O)CCCCCCCCCCCCCC(C)C)COP(=O)(O)OC[C@@H](O)COP(=O)(O)OC[C@@H](COC(=O)CCCCCCCCCCCC)OC(=O)CCCCCCCCCCCCC(C)C. The molecular weight excluding hydrogens is 1210 g/mol. The van der Waals surface area contributed by atoms with Gasteiger partial charge >= 0.3 is 39.5 Å². The lowest BCUT2D eigenvalue weighted by Crippen LogP contribution is -2.30. The van der Waals surface area contributed by atoms with E-state index in [0.717, 1.165) is 102 Å². The highest BCUT2D eigenvalue weighted by Crippen LogP contribution is 2.45. The van der Waals surface area contributed by atoms with Crippen LogP contribution in [0.15, 0.2) is 0 Å². The Balaban J connectivity index is 5.25. The molecule has 0 aliphatic rings. The largest absolute Gasteiger partial charge is 0.472 e. The predicted octanol–water partition coefficient (Wildman–Crippen LogP) is 21.2. The van der Waals surface area contributed by atoms with Gasteiger partial charge in [-0.2, -0.15) is 0 Å². The van der Waals surface area contributed by atoms with Gasteiger partial charge in [-0.25, -0.2) is 9.13 Å². The quantitative estimate of drug-likeness (QED) is 0.0222. The van der Waals surface area contributed by atoms with E-state index in [1.165, 1.54) is 193 Å². The molecule has 0 spiro atoms. The minimum absolute atomic E-state index is 0.106. The minimum Gasteiger partial charge on any atom is -0.462 e. The molecular formula is C73H142O17P2. The van der Waals surface area contributed by atoms with Crippen LogP contribution in [0.25, 0.3) is 0 Å². The summed E-state index contributed by atoms with van der Waals surface area (Å²) < 4.78 is 68.4. The van der Waals surface area contributed by atoms with E-state index < -0.39 is 97.5 Å². The van der Waals surface area contributed by atoms with Gasteiger partial charge in [0.15, 0.2) is 12.2 Å². The van der Waals surface area contributed by atoms with Crippen molar-refractivity contribution in [2.24, 2.45) is 11.8 Å². The molecule has 0 amide bonds. The van der Waals surface area contributed by atoms with Crippen molar-refractivity contribution >= 4 is 39.5 Å². The van der Waals surface area contributed by atoms with Crippen LogP contribution in [0.1, 0.15) is 375 Å². The molecule has 92 heavy (non-hydrogen) atoms. The lowest BCUT2D eigenvalue weighted by Gasteiger charge is -2.21. The third-order valence-corrected chi connectivity index (χ3v) is 18.9. The fourth-order valence-corrected chi connectivity index (χ4v) is 12.7. The Morgan fingerprint density at radius 1 is 0.293 bits per heavy atom. The number of hydrogen-bond donors (Lipinski definition) is 3. The zero-order chi connectivity index (χ0) is 67.9. The van der Waals surface area contributed by atoms with Crippen molar-refractivity contribution in [3.63, 3.8) is 0 Å². The van der Waals surface area contributed by atoms with Crippen molar-refractivity contribution in [2.75, 3.05) is 39.6 Å². The maximum Gasteiger partial charge on any atom is 0.472 e. The molecule has 0 aliphatic heterocycles. The Morgan fingerprint density at radius 3 is 0.739 bits per heavy atom. The number of unbranched alkanes of at least 4 members (excludes halogenated alkanes) is 42. The highest BCUT2D eigenvalue weighted by molar-refractivity contribution is 7.47. The molecule has 0 aromatic carbocycles. The highest BCUT2D eigenvalue weighted by Gasteiger charge is 2.30. The number of aliphatic hydroxyl groups excluding tert-OH is 1. The lowest BCUT2D eigenvalue weighted by atomic mass is 10.0. The summed E-state index contributed by atoms with van der Waals surface area (Å²) in [6.45, 7) is 9.57. The van der Waals surface area contributed by atoms with Gasteiger partial charge in [0, 0.05) is 25.7 Å². The molecule has 17 nitrogen and oxygen atoms in total. The van der Waals surface area contributed by atoms with Gasteiger partial charge in [0.1, 0.15) is 19.3 Å². The van der Waals surface area contributed by atoms with Gasteiger partial charge in [-0.05, 0) is 37.5 Å². The Morgan fingerprint density at radius 2 is 0.500 bits per heavy atom. The van der Waals surface area contributed by atoms with Crippen LogP contribution in [0, 0.1) is 11.8 Å². The molecule has 0 heterocycles. The fourth-order valence-electron chi connectivity index (χ4n) is 11.1. The van der Waals surface area contributed by atoms with E-state index in [2.05, 4.69) is 41.5 Å². The van der Waals surface area contributed by atoms with Crippen molar-refractivity contribution < 1.29 is 80.2 Å². The zero-order valence-corrected chi connectivity index (χ0v) is 61.6. The predicted molar refractivity (Wildman–Crippen MR) is 372 cm³/mol. The molecule has 0 bridgehead atoms. The van der Waals surface area contributed by atoms with Gasteiger partial charge in [-0.3, -0.25) is 37.3 Å². The number of hydrogen-bond acceptors (Lipinski definition) is 15. The fraction of sp³-hybridized carbons (Fsp3) is 0.945. The van der Waals surface area contributed by atoms with Crippen molar-refractivity contribution in [1.29, 1.82) is 0 Å². The molecule has 0 rings (SSSR count). The van der Waals surface area contributed by atoms with Gasteiger partial charge in [0.2, 0.25) is 0 Å². The topological polar surface area (TPSA) is 237 Å². The molecule has 0 aromatic rings. The number of phosphoric ester groups is 2. The van der Waals surface area contributed by atoms with E-state index in [9.17, 15) is 43.2 Å². The van der Waals surface area contributed by atoms with E-state index in [0.29, 0.717) is 25.7 Å². The molecule has 5 atom stereocenters. The number of aliphatic hydroxyl groups is 1. The number of carbonyl (C=O) groups excluding carboxylic acids is 4. The molecule has 0 saturated heterocycles. The van der Waals surface area contributed by atoms with Crippen LogP contribution in [0.4, 0.5) is 0 Å². The number of rotatable bonds is 72. The van der Waals surface area contributed by atoms with E-state index in [-0.39, 0.29) is 25.7 Å². The second-order valence-corrected chi connectivity index (χ2v) is 30.2. The molecule has 0 aliphatic carbocycles. The van der Waals surface area contributed by atoms with Crippen LogP contribution < -0.4 is 0 Å². The van der Waals surface area contributed by atoms with Gasteiger partial charge in [-0.1, -0.05) is 324 Å². The van der Waals surface area contributed by atoms with Crippen molar-refractivity contribution in [1.82, 2.24) is 0 Å². The normalized spacial score (nSPS) is 14.1. The molecule has 0 fully saturated rings. The first kappa shape index (κ1) is 90.1. The summed E-state index contributed by atoms with van der Waals surface area (Å²) in [5.74, 6) is -0.595. The van der Waals surface area contributed by atoms with Crippen LogP contribution >= 0.6 is 15.6 Å². The average molecular weight is 1350 g/mol. The lowest BCUT2D eigenvalue weighted by molar-refractivity contribution is -0.161. The Kier molecular flexibility index (Phi) is 63.7. The Bertz CT molecular complexity index is 1790. The molecule has 0 saturated carbocycles. The molecule has 2 unspecified atom stereocenters. The van der Waals surface area contributed by atoms with Crippen molar-refractivity contribution in [3.8, 4) is 0 Å². The monoisotopic (exact) mass is 1350 g/mol. The number of phosphoric acid groups is 2. The van der Waals surface area contributed by atoms with Gasteiger partial charge in [0.05, 0.1) is 26.4 Å². The minimum atomic E-state index is -4.95. The molecule has 0 aromatic heterocycles. The molecule has 546 valence electrons. The maximum absolute atomic E-state index is 13.1. The summed E-state index contributed by atoms with van der Waals surface area (Å²) in [5, 5.41) is 10.6. The summed E-state index contributed by atoms with van der Waals surface area (Å²) in [7, 11) is -9.90. The summed E-state index contributed by atoms with van der Waals surface area (Å²) in [6, 6.07) is 0. The van der Waals surface area contributed by atoms with Crippen LogP contribution in [0.5, 0.6) is 0 Å². The molecule has 0 radical (unpaired) electrons. The number of ether oxygens (including phenoxy) is 4. The standard InChI is InChI=1S/C73H142O17P2/c1-7-9-11-13-15-17-19-20-21-22-25-33-39-45-51-57-72(77)89-69(62-84-71(76)56-50-44-38-32-26-23-24-29-35-41-47-53-65(3)4)64-88-92(81,82)86-60-67(74)59-85-91(79,80)87-63-68(61-83-70(75)55-49-43-37-31-18-16-14-12-10-8-2)90-73(78)58-52-46-40-34-28-27-30-36-42-48-54-66(5)6/h65-69,74H,7-64H2,1-6H3,(H,79,80)(H,81,82)/t67-,68+,69+/m0/s1. The molecule has 3 N–H and O–H groups in total. The third kappa shape index (κ3) is 66.7. The van der Waals surface area contributed by atoms with E-state index in [1.807, 2.05) is 0 Å². The third-order valence-electron chi connectivity index (χ3n) is 17.0. The molecule has 19 heteroatoms. The summed E-state index contributed by atoms with van der Waals surface area (Å²) in [5.41, 5.74) is 0. The van der Waals surface area contributed by atoms with Gasteiger partial charge in [-0.15, -0.1) is 0 Å². The van der Waals surface area contributed by atoms with Gasteiger partial charge < -0.3 is 33.8 Å². The van der Waals surface area contributed by atoms with Crippen LogP contribution in [0.3, 0.4) is 0 Å². The van der Waals surface area contributed by atoms with Crippen LogP contribution in [-0.2, 0) is 65.4 Å².